The van der Waals surface area contributed by atoms with Crippen LogP contribution < -0.4 is 14.4 Å². The van der Waals surface area contributed by atoms with E-state index in [2.05, 4.69) is 4.98 Å². The van der Waals surface area contributed by atoms with Crippen molar-refractivity contribution >= 4 is 61.4 Å². The zero-order valence-electron chi connectivity index (χ0n) is 18.3. The van der Waals surface area contributed by atoms with Crippen LogP contribution in [0.1, 0.15) is 26.8 Å². The monoisotopic (exact) mass is 520 g/mol. The number of aromatic nitrogens is 1. The number of carboxylic acid groups (broad SMARTS) is 1. The number of rotatable bonds is 4. The number of ether oxygens (including phenoxy) is 2. The predicted octanol–water partition coefficient (Wildman–Crippen LogP) is 4.45. The smallest absolute Gasteiger partial charge is 0.335 e. The second kappa shape index (κ2) is 8.47. The van der Waals surface area contributed by atoms with E-state index in [0.717, 1.165) is 11.3 Å². The summed E-state index contributed by atoms with van der Waals surface area (Å²) in [6.07, 6.45) is 0. The fourth-order valence-electron chi connectivity index (χ4n) is 4.24. The van der Waals surface area contributed by atoms with E-state index in [-0.39, 0.29) is 22.0 Å². The van der Waals surface area contributed by atoms with Crippen LogP contribution in [-0.4, -0.2) is 46.1 Å². The largest absolute Gasteiger partial charge is 0.507 e. The van der Waals surface area contributed by atoms with Crippen LogP contribution in [0.4, 0.5) is 5.13 Å². The van der Waals surface area contributed by atoms with Crippen molar-refractivity contribution in [2.45, 2.75) is 6.04 Å². The molecule has 4 heterocycles. The van der Waals surface area contributed by atoms with Crippen LogP contribution in [-0.2, 0) is 9.59 Å². The summed E-state index contributed by atoms with van der Waals surface area (Å²) in [5.41, 5.74) is 0.839. The number of carbonyl (C=O) groups is 3. The topological polar surface area (TPSA) is 126 Å². The molecule has 1 atom stereocenters. The maximum absolute atomic E-state index is 13.3. The maximum Gasteiger partial charge on any atom is 0.335 e. The van der Waals surface area contributed by atoms with Crippen LogP contribution in [0.25, 0.3) is 16.0 Å². The van der Waals surface area contributed by atoms with E-state index < -0.39 is 23.7 Å². The number of fused-ring (bicyclic) bond motifs is 2. The summed E-state index contributed by atoms with van der Waals surface area (Å²) >= 11 is 2.44. The Hall–Kier alpha value is -4.22. The minimum absolute atomic E-state index is 0.0652. The van der Waals surface area contributed by atoms with Crippen molar-refractivity contribution in [2.24, 2.45) is 0 Å². The average molecular weight is 521 g/mol. The van der Waals surface area contributed by atoms with Crippen LogP contribution >= 0.6 is 22.7 Å². The molecular weight excluding hydrogens is 504 g/mol. The number of carboxylic acids is 1. The molecule has 1 saturated heterocycles. The van der Waals surface area contributed by atoms with Gasteiger partial charge in [-0.3, -0.25) is 14.5 Å². The Morgan fingerprint density at radius 2 is 1.78 bits per heavy atom. The van der Waals surface area contributed by atoms with Gasteiger partial charge in [-0.1, -0.05) is 17.4 Å². The van der Waals surface area contributed by atoms with Crippen molar-refractivity contribution in [3.8, 4) is 11.5 Å². The summed E-state index contributed by atoms with van der Waals surface area (Å²) in [6, 6.07) is 12.0. The molecular formula is C25H16N2O7S2. The lowest BCUT2D eigenvalue weighted by Gasteiger charge is -2.22. The van der Waals surface area contributed by atoms with Gasteiger partial charge in [-0.05, 0) is 47.8 Å². The van der Waals surface area contributed by atoms with E-state index in [9.17, 15) is 24.6 Å². The minimum atomic E-state index is -1.08. The number of amides is 1. The number of benzene rings is 2. The zero-order chi connectivity index (χ0) is 25.0. The number of thiazole rings is 1. The molecule has 0 aliphatic carbocycles. The third kappa shape index (κ3) is 3.51. The fraction of sp³-hybridized carbons (Fsp3) is 0.120. The first-order valence-corrected chi connectivity index (χ1v) is 12.5. The Balaban J connectivity index is 1.50. The number of Topliss-reactive ketones (excluding diaryl/α,β-unsaturated/α-hetero) is 1. The molecule has 2 aliphatic heterocycles. The van der Waals surface area contributed by atoms with Gasteiger partial charge < -0.3 is 19.7 Å². The summed E-state index contributed by atoms with van der Waals surface area (Å²) in [4.78, 5) is 44.4. The molecule has 6 rings (SSSR count). The van der Waals surface area contributed by atoms with Crippen LogP contribution in [0.2, 0.25) is 0 Å². The van der Waals surface area contributed by atoms with Crippen molar-refractivity contribution in [3.63, 3.8) is 0 Å². The number of anilines is 1. The fourth-order valence-corrected chi connectivity index (χ4v) is 6.10. The van der Waals surface area contributed by atoms with E-state index in [1.54, 1.807) is 36.4 Å². The van der Waals surface area contributed by atoms with Gasteiger partial charge in [0, 0.05) is 10.4 Å². The lowest BCUT2D eigenvalue weighted by molar-refractivity contribution is -0.132. The number of nitrogens with zero attached hydrogens (tertiary/aromatic N) is 2. The first-order valence-electron chi connectivity index (χ1n) is 10.8. The van der Waals surface area contributed by atoms with Gasteiger partial charge in [0.25, 0.3) is 5.78 Å². The van der Waals surface area contributed by atoms with Crippen molar-refractivity contribution in [1.82, 2.24) is 4.98 Å². The predicted molar refractivity (Wildman–Crippen MR) is 133 cm³/mol. The minimum Gasteiger partial charge on any atom is -0.507 e. The quantitative estimate of drug-likeness (QED) is 0.230. The highest BCUT2D eigenvalue weighted by Gasteiger charge is 2.48. The Bertz CT molecular complexity index is 1590. The standard InChI is InChI=1S/C25H16N2O7S2/c28-21(12-4-6-15-16(10-12)34-8-7-33-15)19-20(17-2-1-9-35-17)27(23(30)22(19)29)25-26-14-5-3-13(24(31)32)11-18(14)36-25/h1-6,9-11,20,28H,7-8H2,(H,31,32)/b21-19+. The van der Waals surface area contributed by atoms with Crippen molar-refractivity contribution in [2.75, 3.05) is 18.1 Å². The maximum atomic E-state index is 13.3. The number of aliphatic hydroxyl groups excluding tert-OH is 1. The Morgan fingerprint density at radius 1 is 1.00 bits per heavy atom. The highest BCUT2D eigenvalue weighted by Crippen LogP contribution is 2.46. The molecule has 0 radical (unpaired) electrons. The highest BCUT2D eigenvalue weighted by molar-refractivity contribution is 7.22. The zero-order valence-corrected chi connectivity index (χ0v) is 20.0. The Kier molecular flexibility index (Phi) is 5.23. The number of ketones is 1. The van der Waals surface area contributed by atoms with Gasteiger partial charge in [0.05, 0.1) is 21.4 Å². The third-order valence-corrected chi connectivity index (χ3v) is 7.85. The van der Waals surface area contributed by atoms with Crippen LogP contribution in [0.3, 0.4) is 0 Å². The Labute approximate surface area is 211 Å². The number of hydrogen-bond donors (Lipinski definition) is 2. The number of aromatic carboxylic acids is 1. The van der Waals surface area contributed by atoms with Gasteiger partial charge in [0.1, 0.15) is 25.0 Å². The molecule has 2 aromatic heterocycles. The van der Waals surface area contributed by atoms with E-state index >= 15 is 0 Å². The molecule has 9 nitrogen and oxygen atoms in total. The van der Waals surface area contributed by atoms with Gasteiger partial charge in [0.15, 0.2) is 16.6 Å². The lowest BCUT2D eigenvalue weighted by Crippen LogP contribution is -2.28. The molecule has 0 saturated carbocycles. The van der Waals surface area contributed by atoms with Gasteiger partial charge in [0.2, 0.25) is 0 Å². The van der Waals surface area contributed by atoms with Crippen molar-refractivity contribution < 1.29 is 34.1 Å². The Morgan fingerprint density at radius 3 is 2.53 bits per heavy atom. The normalized spacial score (nSPS) is 18.7. The second-order valence-corrected chi connectivity index (χ2v) is 10.0. The molecule has 4 aromatic rings. The first-order chi connectivity index (χ1) is 17.4. The van der Waals surface area contributed by atoms with Crippen LogP contribution in [0.5, 0.6) is 11.5 Å². The van der Waals surface area contributed by atoms with E-state index in [0.29, 0.717) is 45.4 Å². The van der Waals surface area contributed by atoms with Crippen LogP contribution in [0.15, 0.2) is 59.5 Å². The molecule has 2 aromatic carbocycles. The van der Waals surface area contributed by atoms with Gasteiger partial charge >= 0.3 is 11.9 Å². The second-order valence-electron chi connectivity index (χ2n) is 8.03. The van der Waals surface area contributed by atoms with Crippen molar-refractivity contribution in [3.05, 3.63) is 75.5 Å². The summed E-state index contributed by atoms with van der Waals surface area (Å²) in [5.74, 6) is -2.11. The molecule has 0 spiro atoms. The molecule has 11 heteroatoms. The highest BCUT2D eigenvalue weighted by atomic mass is 32.1. The lowest BCUT2D eigenvalue weighted by atomic mass is 9.99. The number of carbonyl (C=O) groups excluding carboxylic acids is 2. The molecule has 36 heavy (non-hydrogen) atoms. The van der Waals surface area contributed by atoms with Crippen LogP contribution in [0, 0.1) is 0 Å². The SMILES string of the molecule is O=C1C(=O)N(c2nc3ccc(C(=O)O)cc3s2)C(c2cccs2)/C1=C(\O)c1ccc2c(c1)OCCO2. The summed E-state index contributed by atoms with van der Waals surface area (Å²) in [6.45, 7) is 0.774. The van der Waals surface area contributed by atoms with E-state index in [1.165, 1.54) is 28.4 Å². The molecule has 1 unspecified atom stereocenters. The van der Waals surface area contributed by atoms with Gasteiger partial charge in [-0.15, -0.1) is 11.3 Å². The van der Waals surface area contributed by atoms with E-state index in [4.69, 9.17) is 9.47 Å². The third-order valence-electron chi connectivity index (χ3n) is 5.90. The summed E-state index contributed by atoms with van der Waals surface area (Å²) < 4.78 is 11.7. The molecule has 0 bridgehead atoms. The molecule has 1 amide bonds. The van der Waals surface area contributed by atoms with Gasteiger partial charge in [-0.25, -0.2) is 9.78 Å². The summed E-state index contributed by atoms with van der Waals surface area (Å²) in [5, 5.41) is 22.6. The first kappa shape index (κ1) is 22.3. The molecule has 2 aliphatic rings. The summed E-state index contributed by atoms with van der Waals surface area (Å²) in [7, 11) is 0. The molecule has 2 N–H and O–H groups in total. The number of aliphatic hydroxyl groups is 1. The molecule has 180 valence electrons. The number of thiophene rings is 1. The van der Waals surface area contributed by atoms with Crippen molar-refractivity contribution in [1.29, 1.82) is 0 Å². The average Bonchev–Trinajstić information content (AvgIpc) is 3.61. The molecule has 1 fully saturated rings. The van der Waals surface area contributed by atoms with Gasteiger partial charge in [-0.2, -0.15) is 0 Å². The number of hydrogen-bond acceptors (Lipinski definition) is 9. The van der Waals surface area contributed by atoms with E-state index in [1.807, 2.05) is 5.38 Å².